The fraction of sp³-hybridized carbons (Fsp3) is 0.333. The van der Waals surface area contributed by atoms with E-state index in [1.54, 1.807) is 0 Å². The van der Waals surface area contributed by atoms with Crippen LogP contribution in [0, 0.1) is 24.7 Å². The van der Waals surface area contributed by atoms with E-state index in [0.29, 0.717) is 0 Å². The van der Waals surface area contributed by atoms with Crippen molar-refractivity contribution in [1.29, 1.82) is 10.8 Å². The number of rotatable bonds is 4. The van der Waals surface area contributed by atoms with Gasteiger partial charge in [0.15, 0.2) is 10.3 Å². The van der Waals surface area contributed by atoms with Gasteiger partial charge in [-0.05, 0) is 36.1 Å². The van der Waals surface area contributed by atoms with Crippen molar-refractivity contribution >= 4 is 33.9 Å². The first-order chi connectivity index (χ1) is 8.40. The molecular weight excluding hydrogens is 335 g/mol. The third-order valence-electron chi connectivity index (χ3n) is 2.56. The van der Waals surface area contributed by atoms with Crippen LogP contribution in [0.2, 0.25) is 0 Å². The molecule has 0 aromatic heterocycles. The first-order valence-electron chi connectivity index (χ1n) is 5.42. The first-order valence-corrected chi connectivity index (χ1v) is 7.40. The fourth-order valence-corrected chi connectivity index (χ4v) is 2.80. The summed E-state index contributed by atoms with van der Waals surface area (Å²) in [5, 5.41) is 14.7. The third-order valence-corrected chi connectivity index (χ3v) is 4.09. The zero-order valence-corrected chi connectivity index (χ0v) is 14.4. The van der Waals surface area contributed by atoms with Crippen LogP contribution in [0.5, 0.6) is 0 Å². The van der Waals surface area contributed by atoms with Gasteiger partial charge in [-0.1, -0.05) is 35.7 Å². The number of nitrogens with two attached hydrogens (primary N) is 2. The molecule has 0 radical (unpaired) electrons. The molecule has 0 spiro atoms. The maximum absolute atomic E-state index is 7.22. The van der Waals surface area contributed by atoms with E-state index in [9.17, 15) is 0 Å². The normalized spacial score (nSPS) is 9.30. The van der Waals surface area contributed by atoms with Crippen molar-refractivity contribution in [3.63, 3.8) is 0 Å². The summed E-state index contributed by atoms with van der Waals surface area (Å²) >= 11 is 2.67. The number of nitrogens with one attached hydrogen (secondary N) is 2. The highest BCUT2D eigenvalue weighted by atomic mass is 35.5. The zero-order valence-electron chi connectivity index (χ0n) is 11.3. The van der Waals surface area contributed by atoms with Crippen molar-refractivity contribution in [2.75, 3.05) is 0 Å². The van der Waals surface area contributed by atoms with Gasteiger partial charge in [-0.25, -0.2) is 0 Å². The lowest BCUT2D eigenvalue weighted by atomic mass is 10.0. The summed E-state index contributed by atoms with van der Waals surface area (Å²) in [5.74, 6) is 1.45. The van der Waals surface area contributed by atoms with Gasteiger partial charge in [0, 0.05) is 11.5 Å². The Kier molecular flexibility index (Phi) is 11.1. The number of halogens is 2. The Morgan fingerprint density at radius 3 is 1.45 bits per heavy atom. The Balaban J connectivity index is 0. The Morgan fingerprint density at radius 1 is 0.900 bits per heavy atom. The molecule has 0 saturated heterocycles. The van der Waals surface area contributed by atoms with Gasteiger partial charge in [0.2, 0.25) is 0 Å². The van der Waals surface area contributed by atoms with E-state index in [0.717, 1.165) is 11.5 Å². The van der Waals surface area contributed by atoms with Crippen LogP contribution >= 0.6 is 23.5 Å². The maximum atomic E-state index is 7.22. The largest absolute Gasteiger partial charge is 1.00 e. The number of amidine groups is 2. The topological polar surface area (TPSA) is 99.7 Å². The Morgan fingerprint density at radius 2 is 1.20 bits per heavy atom. The predicted octanol–water partition coefficient (Wildman–Crippen LogP) is -3.44. The molecule has 0 bridgehead atoms. The number of thioether (sulfide) groups is 2. The smallest absolute Gasteiger partial charge is 0.151 e. The Hall–Kier alpha value is -0.560. The molecule has 1 aromatic rings. The van der Waals surface area contributed by atoms with Gasteiger partial charge in [0.25, 0.3) is 0 Å². The van der Waals surface area contributed by atoms with Crippen LogP contribution in [0.3, 0.4) is 0 Å². The molecule has 4 nitrogen and oxygen atoms in total. The van der Waals surface area contributed by atoms with E-state index in [2.05, 4.69) is 26.0 Å². The lowest BCUT2D eigenvalue weighted by Gasteiger charge is -2.11. The molecule has 0 amide bonds. The Bertz CT molecular complexity index is 437. The second-order valence-electron chi connectivity index (χ2n) is 4.01. The second kappa shape index (κ2) is 10.2. The van der Waals surface area contributed by atoms with E-state index in [4.69, 9.17) is 22.3 Å². The van der Waals surface area contributed by atoms with Gasteiger partial charge in [0.05, 0.1) is 0 Å². The highest BCUT2D eigenvalue weighted by Gasteiger charge is 2.06. The van der Waals surface area contributed by atoms with Crippen LogP contribution in [-0.4, -0.2) is 10.3 Å². The predicted molar refractivity (Wildman–Crippen MR) is 82.3 cm³/mol. The molecule has 114 valence electrons. The second-order valence-corrected chi connectivity index (χ2v) is 6.05. The van der Waals surface area contributed by atoms with Crippen molar-refractivity contribution in [2.45, 2.75) is 25.4 Å². The molecule has 0 saturated carbocycles. The third kappa shape index (κ3) is 7.28. The Labute approximate surface area is 140 Å². The van der Waals surface area contributed by atoms with E-state index in [1.807, 2.05) is 0 Å². The lowest BCUT2D eigenvalue weighted by Crippen LogP contribution is -3.00. The van der Waals surface area contributed by atoms with Crippen LogP contribution in [0.15, 0.2) is 12.1 Å². The number of aryl methyl sites for hydroxylation is 2. The quantitative estimate of drug-likeness (QED) is 0.334. The number of benzene rings is 1. The molecule has 20 heavy (non-hydrogen) atoms. The molecule has 1 aromatic carbocycles. The molecule has 6 N–H and O–H groups in total. The highest BCUT2D eigenvalue weighted by molar-refractivity contribution is 8.13. The molecule has 0 aliphatic heterocycles. The monoisotopic (exact) mass is 352 g/mol. The van der Waals surface area contributed by atoms with Gasteiger partial charge in [-0.3, -0.25) is 10.8 Å². The van der Waals surface area contributed by atoms with Gasteiger partial charge in [-0.2, -0.15) is 0 Å². The van der Waals surface area contributed by atoms with Gasteiger partial charge < -0.3 is 36.3 Å². The summed E-state index contributed by atoms with van der Waals surface area (Å²) in [4.78, 5) is 0. The summed E-state index contributed by atoms with van der Waals surface area (Å²) in [6, 6.07) is 4.25. The molecule has 0 fully saturated rings. The van der Waals surface area contributed by atoms with Crippen LogP contribution in [-0.2, 0) is 11.5 Å². The standard InChI is InChI=1S/C12H18N4S2.2ClH/c1-7-3-10(6-18-12(15)16)8(2)4-9(7)5-17-11(13)14;;/h3-4H,5-6H2,1-2H3,(H3,13,14)(H3,15,16);2*1H/p-2. The van der Waals surface area contributed by atoms with Crippen molar-refractivity contribution in [3.8, 4) is 0 Å². The molecule has 0 unspecified atom stereocenters. The molecular formula is C12H18Cl2N4S2-2. The minimum absolute atomic E-state index is 0. The highest BCUT2D eigenvalue weighted by Crippen LogP contribution is 2.23. The van der Waals surface area contributed by atoms with Crippen molar-refractivity contribution in [2.24, 2.45) is 11.5 Å². The van der Waals surface area contributed by atoms with Gasteiger partial charge >= 0.3 is 0 Å². The van der Waals surface area contributed by atoms with Gasteiger partial charge in [0.1, 0.15) is 0 Å². The van der Waals surface area contributed by atoms with Crippen molar-refractivity contribution in [1.82, 2.24) is 0 Å². The maximum Gasteiger partial charge on any atom is 0.151 e. The summed E-state index contributed by atoms with van der Waals surface area (Å²) in [5.41, 5.74) is 15.5. The summed E-state index contributed by atoms with van der Waals surface area (Å²) in [6.07, 6.45) is 0. The molecule has 0 atom stereocenters. The first kappa shape index (κ1) is 21.7. The minimum atomic E-state index is 0. The summed E-state index contributed by atoms with van der Waals surface area (Å²) in [6.45, 7) is 4.11. The molecule has 0 heterocycles. The average molecular weight is 353 g/mol. The number of hydrogen-bond acceptors (Lipinski definition) is 4. The van der Waals surface area contributed by atoms with Crippen LogP contribution in [0.25, 0.3) is 0 Å². The van der Waals surface area contributed by atoms with Gasteiger partial charge in [-0.15, -0.1) is 0 Å². The van der Waals surface area contributed by atoms with E-state index in [1.165, 1.54) is 45.8 Å². The molecule has 0 aliphatic rings. The fourth-order valence-electron chi connectivity index (χ4n) is 1.56. The summed E-state index contributed by atoms with van der Waals surface area (Å²) in [7, 11) is 0. The molecule has 1 rings (SSSR count). The van der Waals surface area contributed by atoms with Crippen LogP contribution in [0.1, 0.15) is 22.3 Å². The SMILES string of the molecule is Cc1cc(CSC(=N)N)c(C)cc1CSC(=N)N.[Cl-].[Cl-]. The minimum Gasteiger partial charge on any atom is -1.00 e. The summed E-state index contributed by atoms with van der Waals surface area (Å²) < 4.78 is 0. The average Bonchev–Trinajstić information content (AvgIpc) is 2.27. The van der Waals surface area contributed by atoms with Crippen LogP contribution < -0.4 is 36.3 Å². The number of hydrogen-bond donors (Lipinski definition) is 4. The van der Waals surface area contributed by atoms with E-state index in [-0.39, 0.29) is 35.1 Å². The van der Waals surface area contributed by atoms with E-state index < -0.39 is 0 Å². The lowest BCUT2D eigenvalue weighted by molar-refractivity contribution is -0.00100. The van der Waals surface area contributed by atoms with Crippen molar-refractivity contribution < 1.29 is 24.8 Å². The van der Waals surface area contributed by atoms with Crippen LogP contribution in [0.4, 0.5) is 0 Å². The molecule has 0 aliphatic carbocycles. The van der Waals surface area contributed by atoms with Crippen molar-refractivity contribution in [3.05, 3.63) is 34.4 Å². The molecule has 8 heteroatoms. The van der Waals surface area contributed by atoms with E-state index >= 15 is 0 Å². The zero-order chi connectivity index (χ0) is 13.7.